The maximum Gasteiger partial charge on any atom is 0.223 e. The van der Waals surface area contributed by atoms with Crippen molar-refractivity contribution in [2.24, 2.45) is 13.0 Å². The molecule has 2 heterocycles. The van der Waals surface area contributed by atoms with Gasteiger partial charge in [-0.3, -0.25) is 9.48 Å². The smallest absolute Gasteiger partial charge is 0.223 e. The van der Waals surface area contributed by atoms with Crippen molar-refractivity contribution in [3.05, 3.63) is 17.5 Å². The number of hydrogen-bond donors (Lipinski definition) is 2. The Kier molecular flexibility index (Phi) is 6.89. The van der Waals surface area contributed by atoms with E-state index in [0.717, 1.165) is 43.6 Å². The number of nitrogens with zero attached hydrogens (tertiary/aromatic N) is 3. The second-order valence-electron chi connectivity index (χ2n) is 8.27. The summed E-state index contributed by atoms with van der Waals surface area (Å²) in [5, 5.41) is 11.3. The molecule has 1 saturated carbocycles. The van der Waals surface area contributed by atoms with Gasteiger partial charge in [-0.05, 0) is 59.2 Å². The highest BCUT2D eigenvalue weighted by Gasteiger charge is 2.35. The Morgan fingerprint density at radius 2 is 2.00 bits per heavy atom. The fourth-order valence-electron chi connectivity index (χ4n) is 4.47. The third kappa shape index (κ3) is 5.30. The minimum Gasteiger partial charge on any atom is -0.380 e. The minimum atomic E-state index is 0.0529. The second-order valence-corrected chi connectivity index (χ2v) is 8.27. The zero-order valence-electron chi connectivity index (χ0n) is 17.2. The largest absolute Gasteiger partial charge is 0.380 e. The van der Waals surface area contributed by atoms with Gasteiger partial charge in [0.05, 0.1) is 11.8 Å². The van der Waals surface area contributed by atoms with Gasteiger partial charge in [-0.25, -0.2) is 0 Å². The third-order valence-corrected chi connectivity index (χ3v) is 6.20. The molecule has 2 N–H and O–H groups in total. The van der Waals surface area contributed by atoms with Gasteiger partial charge in [0.1, 0.15) is 0 Å². The van der Waals surface area contributed by atoms with Crippen molar-refractivity contribution in [3.8, 4) is 0 Å². The van der Waals surface area contributed by atoms with Crippen LogP contribution in [-0.2, 0) is 23.1 Å². The molecule has 0 aromatic carbocycles. The van der Waals surface area contributed by atoms with Gasteiger partial charge in [0, 0.05) is 50.5 Å². The average molecular weight is 378 g/mol. The molecule has 27 heavy (non-hydrogen) atoms. The molecule has 1 aromatic rings. The van der Waals surface area contributed by atoms with Gasteiger partial charge in [0.25, 0.3) is 0 Å². The molecule has 152 valence electrons. The van der Waals surface area contributed by atoms with E-state index in [9.17, 15) is 4.79 Å². The Labute approximate surface area is 162 Å². The van der Waals surface area contributed by atoms with Gasteiger partial charge >= 0.3 is 0 Å². The zero-order valence-corrected chi connectivity index (χ0v) is 17.2. The predicted molar refractivity (Wildman–Crippen MR) is 105 cm³/mol. The molecule has 7 heteroatoms. The van der Waals surface area contributed by atoms with E-state index in [1.807, 2.05) is 20.2 Å². The number of amides is 1. The van der Waals surface area contributed by atoms with E-state index in [1.165, 1.54) is 12.8 Å². The van der Waals surface area contributed by atoms with E-state index in [4.69, 9.17) is 4.74 Å². The van der Waals surface area contributed by atoms with Crippen LogP contribution in [-0.4, -0.2) is 66.0 Å². The van der Waals surface area contributed by atoms with E-state index >= 15 is 0 Å². The number of piperidine rings is 1. The Balaban J connectivity index is 1.53. The van der Waals surface area contributed by atoms with E-state index in [1.54, 1.807) is 11.8 Å². The number of hydrogen-bond acceptors (Lipinski definition) is 5. The van der Waals surface area contributed by atoms with Crippen molar-refractivity contribution in [1.29, 1.82) is 0 Å². The zero-order chi connectivity index (χ0) is 19.4. The standard InChI is InChI=1S/C20H35N5O2/c1-14-16(13-25(3)23-14)12-21-20(26)15-5-6-19(27-4)18(11-15)22-17-7-9-24(2)10-8-17/h13,15,17-19,22H,5-12H2,1-4H3,(H,21,26)/t15-,18+,19+/m0/s1. The summed E-state index contributed by atoms with van der Waals surface area (Å²) in [6.45, 7) is 4.80. The molecule has 2 fully saturated rings. The van der Waals surface area contributed by atoms with Gasteiger partial charge in [-0.2, -0.15) is 5.10 Å². The summed E-state index contributed by atoms with van der Waals surface area (Å²) < 4.78 is 7.52. The van der Waals surface area contributed by atoms with Crippen molar-refractivity contribution in [2.45, 2.75) is 63.8 Å². The summed E-state index contributed by atoms with van der Waals surface area (Å²) in [6, 6.07) is 0.789. The fourth-order valence-corrected chi connectivity index (χ4v) is 4.47. The Bertz CT molecular complexity index is 624. The molecular weight excluding hydrogens is 342 g/mol. The Morgan fingerprint density at radius 3 is 2.63 bits per heavy atom. The molecule has 0 bridgehead atoms. The van der Waals surface area contributed by atoms with Crippen LogP contribution in [0.25, 0.3) is 0 Å². The van der Waals surface area contributed by atoms with E-state index in [0.29, 0.717) is 12.6 Å². The Morgan fingerprint density at radius 1 is 1.26 bits per heavy atom. The molecule has 1 amide bonds. The molecule has 1 aromatic heterocycles. The highest BCUT2D eigenvalue weighted by molar-refractivity contribution is 5.78. The lowest BCUT2D eigenvalue weighted by molar-refractivity contribution is -0.127. The molecule has 0 spiro atoms. The number of likely N-dealkylation sites (tertiary alicyclic amines) is 1. The summed E-state index contributed by atoms with van der Waals surface area (Å²) in [5.74, 6) is 0.208. The van der Waals surface area contributed by atoms with Gasteiger partial charge in [-0.1, -0.05) is 0 Å². The van der Waals surface area contributed by atoms with Gasteiger partial charge in [0.15, 0.2) is 0 Å². The summed E-state index contributed by atoms with van der Waals surface area (Å²) in [6.07, 6.45) is 7.19. The summed E-state index contributed by atoms with van der Waals surface area (Å²) in [7, 11) is 5.88. The van der Waals surface area contributed by atoms with Crippen molar-refractivity contribution >= 4 is 5.91 Å². The van der Waals surface area contributed by atoms with Gasteiger partial charge in [-0.15, -0.1) is 0 Å². The van der Waals surface area contributed by atoms with Crippen molar-refractivity contribution in [2.75, 3.05) is 27.2 Å². The van der Waals surface area contributed by atoms with Crippen molar-refractivity contribution < 1.29 is 9.53 Å². The Hall–Kier alpha value is -1.44. The van der Waals surface area contributed by atoms with E-state index in [-0.39, 0.29) is 24.0 Å². The fraction of sp³-hybridized carbons (Fsp3) is 0.800. The molecule has 0 radical (unpaired) electrons. The number of carbonyl (C=O) groups excluding carboxylic acids is 1. The van der Waals surface area contributed by atoms with Crippen LogP contribution in [0.5, 0.6) is 0 Å². The molecule has 3 atom stereocenters. The lowest BCUT2D eigenvalue weighted by Crippen LogP contribution is -2.53. The lowest BCUT2D eigenvalue weighted by Gasteiger charge is -2.39. The minimum absolute atomic E-state index is 0.0529. The van der Waals surface area contributed by atoms with Crippen LogP contribution in [0.4, 0.5) is 0 Å². The third-order valence-electron chi connectivity index (χ3n) is 6.20. The number of methoxy groups -OCH3 is 1. The number of ether oxygens (including phenoxy) is 1. The van der Waals surface area contributed by atoms with Crippen LogP contribution in [0.1, 0.15) is 43.4 Å². The molecule has 2 aliphatic rings. The quantitative estimate of drug-likeness (QED) is 0.780. The average Bonchev–Trinajstić information content (AvgIpc) is 2.98. The molecule has 1 aliphatic carbocycles. The SMILES string of the molecule is CO[C@@H]1CC[C@H](C(=O)NCc2cn(C)nc2C)C[C@H]1NC1CCN(C)CC1. The normalized spacial score (nSPS) is 27.6. The monoisotopic (exact) mass is 377 g/mol. The molecule has 7 nitrogen and oxygen atoms in total. The highest BCUT2D eigenvalue weighted by Crippen LogP contribution is 2.28. The van der Waals surface area contributed by atoms with Crippen LogP contribution >= 0.6 is 0 Å². The molecular formula is C20H35N5O2. The van der Waals surface area contributed by atoms with Crippen LogP contribution < -0.4 is 10.6 Å². The second kappa shape index (κ2) is 9.17. The maximum absolute atomic E-state index is 12.8. The number of rotatable bonds is 6. The molecule has 3 rings (SSSR count). The van der Waals surface area contributed by atoms with Crippen LogP contribution in [0.15, 0.2) is 6.20 Å². The van der Waals surface area contributed by atoms with Gasteiger partial charge < -0.3 is 20.3 Å². The highest BCUT2D eigenvalue weighted by atomic mass is 16.5. The summed E-state index contributed by atoms with van der Waals surface area (Å²) in [4.78, 5) is 15.1. The van der Waals surface area contributed by atoms with E-state index in [2.05, 4.69) is 27.7 Å². The maximum atomic E-state index is 12.8. The lowest BCUT2D eigenvalue weighted by atomic mass is 9.82. The number of aromatic nitrogens is 2. The topological polar surface area (TPSA) is 71.4 Å². The first-order chi connectivity index (χ1) is 13.0. The first kappa shape index (κ1) is 20.3. The van der Waals surface area contributed by atoms with Crippen molar-refractivity contribution in [3.63, 3.8) is 0 Å². The van der Waals surface area contributed by atoms with Crippen LogP contribution in [0, 0.1) is 12.8 Å². The summed E-state index contributed by atoms with van der Waals surface area (Å²) >= 11 is 0. The number of carbonyl (C=O) groups is 1. The first-order valence-corrected chi connectivity index (χ1v) is 10.2. The number of nitrogens with one attached hydrogen (secondary N) is 2. The first-order valence-electron chi connectivity index (χ1n) is 10.2. The number of aryl methyl sites for hydroxylation is 2. The summed E-state index contributed by atoms with van der Waals surface area (Å²) in [5.41, 5.74) is 2.06. The molecule has 0 unspecified atom stereocenters. The molecule has 1 saturated heterocycles. The van der Waals surface area contributed by atoms with Crippen LogP contribution in [0.3, 0.4) is 0 Å². The van der Waals surface area contributed by atoms with Crippen LogP contribution in [0.2, 0.25) is 0 Å². The van der Waals surface area contributed by atoms with Gasteiger partial charge in [0.2, 0.25) is 5.91 Å². The van der Waals surface area contributed by atoms with E-state index < -0.39 is 0 Å². The molecule has 1 aliphatic heterocycles. The van der Waals surface area contributed by atoms with Crippen molar-refractivity contribution in [1.82, 2.24) is 25.3 Å². The predicted octanol–water partition coefficient (Wildman–Crippen LogP) is 1.21.